The summed E-state index contributed by atoms with van der Waals surface area (Å²) in [6.07, 6.45) is 4.41. The van der Waals surface area contributed by atoms with E-state index in [0.717, 1.165) is 28.6 Å². The quantitative estimate of drug-likeness (QED) is 0.575. The molecule has 2 heterocycles. The molecule has 4 rings (SSSR count). The predicted molar refractivity (Wildman–Crippen MR) is 126 cm³/mol. The molecule has 1 atom stereocenters. The van der Waals surface area contributed by atoms with E-state index in [4.69, 9.17) is 10.7 Å². The molecule has 0 radical (unpaired) electrons. The number of hydrogen-bond donors (Lipinski definition) is 1. The van der Waals surface area contributed by atoms with E-state index in [9.17, 15) is 4.79 Å². The molecule has 0 unspecified atom stereocenters. The normalized spacial score (nSPS) is 16.5. The summed E-state index contributed by atoms with van der Waals surface area (Å²) in [6, 6.07) is 12.2. The molecule has 4 nitrogen and oxygen atoms in total. The van der Waals surface area contributed by atoms with Crippen LogP contribution in [-0.4, -0.2) is 22.8 Å². The van der Waals surface area contributed by atoms with E-state index < -0.39 is 0 Å². The number of hydrogen-bond acceptors (Lipinski definition) is 4. The van der Waals surface area contributed by atoms with Crippen molar-refractivity contribution in [2.24, 2.45) is 11.3 Å². The number of rotatable bonds is 5. The van der Waals surface area contributed by atoms with Gasteiger partial charge in [0.2, 0.25) is 0 Å². The molecule has 3 aromatic rings. The second-order valence-corrected chi connectivity index (χ2v) is 10.2. The molecule has 30 heavy (non-hydrogen) atoms. The van der Waals surface area contributed by atoms with Crippen LogP contribution < -0.4 is 5.73 Å². The third kappa shape index (κ3) is 3.83. The molecule has 0 aliphatic heterocycles. The number of pyridine rings is 1. The molecule has 1 aromatic carbocycles. The lowest BCUT2D eigenvalue weighted by atomic mass is 9.69. The number of nitrogen functional groups attached to an aromatic ring is 1. The molecule has 158 valence electrons. The molecule has 2 aromatic heterocycles. The van der Waals surface area contributed by atoms with E-state index in [0.29, 0.717) is 28.4 Å². The van der Waals surface area contributed by atoms with Gasteiger partial charge in [0, 0.05) is 24.7 Å². The Morgan fingerprint density at radius 1 is 1.30 bits per heavy atom. The van der Waals surface area contributed by atoms with Crippen LogP contribution >= 0.6 is 11.3 Å². The zero-order chi connectivity index (χ0) is 21.5. The number of carbonyl (C=O) groups is 1. The average molecular weight is 422 g/mol. The number of benzene rings is 1. The smallest absolute Gasteiger partial charge is 0.266 e. The van der Waals surface area contributed by atoms with Crippen LogP contribution in [0.2, 0.25) is 0 Å². The molecule has 0 saturated carbocycles. The van der Waals surface area contributed by atoms with Gasteiger partial charge in [-0.3, -0.25) is 4.79 Å². The Kier molecular flexibility index (Phi) is 5.58. The second kappa shape index (κ2) is 8.03. The van der Waals surface area contributed by atoms with Crippen molar-refractivity contribution >= 4 is 33.1 Å². The molecule has 0 saturated heterocycles. The fourth-order valence-corrected chi connectivity index (χ4v) is 5.50. The maximum absolute atomic E-state index is 13.1. The summed E-state index contributed by atoms with van der Waals surface area (Å²) < 4.78 is 0. The third-order valence-electron chi connectivity index (χ3n) is 6.91. The van der Waals surface area contributed by atoms with Crippen molar-refractivity contribution in [2.45, 2.75) is 53.0 Å². The lowest BCUT2D eigenvalue weighted by molar-refractivity contribution is 0.0791. The number of aromatic nitrogens is 1. The summed E-state index contributed by atoms with van der Waals surface area (Å²) in [7, 11) is 1.83. The first-order valence-corrected chi connectivity index (χ1v) is 11.6. The maximum Gasteiger partial charge on any atom is 0.266 e. The van der Waals surface area contributed by atoms with Gasteiger partial charge in [0.1, 0.15) is 9.71 Å². The summed E-state index contributed by atoms with van der Waals surface area (Å²) in [4.78, 5) is 21.3. The minimum Gasteiger partial charge on any atom is -0.397 e. The van der Waals surface area contributed by atoms with Crippen molar-refractivity contribution in [2.75, 3.05) is 12.8 Å². The van der Waals surface area contributed by atoms with Gasteiger partial charge in [0.25, 0.3) is 5.91 Å². The fourth-order valence-electron chi connectivity index (χ4n) is 4.41. The Labute approximate surface area is 183 Å². The van der Waals surface area contributed by atoms with E-state index in [-0.39, 0.29) is 5.91 Å². The van der Waals surface area contributed by atoms with Crippen LogP contribution in [0.25, 0.3) is 10.2 Å². The average Bonchev–Trinajstić information content (AvgIpc) is 3.07. The highest BCUT2D eigenvalue weighted by atomic mass is 32.1. The summed E-state index contributed by atoms with van der Waals surface area (Å²) in [5.41, 5.74) is 11.0. The number of thiophene rings is 1. The Bertz CT molecular complexity index is 1070. The second-order valence-electron chi connectivity index (χ2n) is 9.22. The summed E-state index contributed by atoms with van der Waals surface area (Å²) >= 11 is 1.43. The van der Waals surface area contributed by atoms with Crippen molar-refractivity contribution in [3.05, 3.63) is 58.1 Å². The first-order chi connectivity index (χ1) is 14.3. The number of anilines is 1. The lowest BCUT2D eigenvalue weighted by Gasteiger charge is -2.36. The summed E-state index contributed by atoms with van der Waals surface area (Å²) in [5.74, 6) is 0.620. The monoisotopic (exact) mass is 421 g/mol. The first kappa shape index (κ1) is 20.9. The highest BCUT2D eigenvalue weighted by molar-refractivity contribution is 7.21. The fraction of sp³-hybridized carbons (Fsp3) is 0.440. The van der Waals surface area contributed by atoms with Crippen molar-refractivity contribution in [1.82, 2.24) is 9.88 Å². The molecule has 5 heteroatoms. The topological polar surface area (TPSA) is 59.2 Å². The lowest BCUT2D eigenvalue weighted by Crippen LogP contribution is -2.29. The number of aryl methyl sites for hydroxylation is 1. The van der Waals surface area contributed by atoms with Crippen LogP contribution in [0.1, 0.15) is 60.1 Å². The Morgan fingerprint density at radius 2 is 2.03 bits per heavy atom. The van der Waals surface area contributed by atoms with Crippen LogP contribution in [-0.2, 0) is 19.4 Å². The van der Waals surface area contributed by atoms with Gasteiger partial charge in [-0.15, -0.1) is 11.3 Å². The number of amides is 1. The predicted octanol–water partition coefficient (Wildman–Crippen LogP) is 5.69. The van der Waals surface area contributed by atoms with E-state index in [1.54, 1.807) is 4.90 Å². The minimum atomic E-state index is -0.0395. The molecular weight excluding hydrogens is 390 g/mol. The largest absolute Gasteiger partial charge is 0.397 e. The summed E-state index contributed by atoms with van der Waals surface area (Å²) in [5, 5.41) is 0.935. The Morgan fingerprint density at radius 3 is 2.73 bits per heavy atom. The van der Waals surface area contributed by atoms with Gasteiger partial charge in [-0.25, -0.2) is 4.98 Å². The standard InChI is InChI=1S/C25H31N3OS/c1-5-25(2,3)18-11-12-20-17(13-18)14-19-21(26)22(30-23(19)27-20)24(29)28(4)15-16-9-7-6-8-10-16/h6-10,14,18H,5,11-13,15,26H2,1-4H3/t18-/m0/s1. The Balaban J connectivity index is 1.62. The first-order valence-electron chi connectivity index (χ1n) is 10.8. The van der Waals surface area contributed by atoms with Gasteiger partial charge in [-0.1, -0.05) is 57.5 Å². The molecular formula is C25H31N3OS. The van der Waals surface area contributed by atoms with E-state index >= 15 is 0 Å². The van der Waals surface area contributed by atoms with Crippen LogP contribution in [0.3, 0.4) is 0 Å². The minimum absolute atomic E-state index is 0.0395. The zero-order valence-corrected chi connectivity index (χ0v) is 19.2. The highest BCUT2D eigenvalue weighted by Crippen LogP contribution is 2.42. The number of nitrogens with zero attached hydrogens (tertiary/aromatic N) is 2. The van der Waals surface area contributed by atoms with E-state index in [1.165, 1.54) is 35.4 Å². The Hall–Kier alpha value is -2.40. The summed E-state index contributed by atoms with van der Waals surface area (Å²) in [6.45, 7) is 7.57. The van der Waals surface area contributed by atoms with Crippen LogP contribution in [0.4, 0.5) is 5.69 Å². The van der Waals surface area contributed by atoms with Crippen molar-refractivity contribution in [3.63, 3.8) is 0 Å². The maximum atomic E-state index is 13.1. The number of carbonyl (C=O) groups excluding carboxylic acids is 1. The molecule has 0 spiro atoms. The molecule has 1 amide bonds. The highest BCUT2D eigenvalue weighted by Gasteiger charge is 2.32. The molecule has 1 aliphatic rings. The molecule has 2 N–H and O–H groups in total. The van der Waals surface area contributed by atoms with Crippen molar-refractivity contribution < 1.29 is 4.79 Å². The van der Waals surface area contributed by atoms with Crippen LogP contribution in [0, 0.1) is 11.3 Å². The van der Waals surface area contributed by atoms with E-state index in [2.05, 4.69) is 26.8 Å². The molecule has 0 fully saturated rings. The van der Waals surface area contributed by atoms with Gasteiger partial charge >= 0.3 is 0 Å². The number of fused-ring (bicyclic) bond motifs is 2. The van der Waals surface area contributed by atoms with Gasteiger partial charge in [0.15, 0.2) is 0 Å². The van der Waals surface area contributed by atoms with Gasteiger partial charge in [-0.2, -0.15) is 0 Å². The zero-order valence-electron chi connectivity index (χ0n) is 18.4. The van der Waals surface area contributed by atoms with Gasteiger partial charge in [0.05, 0.1) is 5.69 Å². The molecule has 1 aliphatic carbocycles. The van der Waals surface area contributed by atoms with Crippen LogP contribution in [0.5, 0.6) is 0 Å². The number of nitrogens with two attached hydrogens (primary N) is 1. The van der Waals surface area contributed by atoms with Gasteiger partial charge < -0.3 is 10.6 Å². The van der Waals surface area contributed by atoms with Gasteiger partial charge in [-0.05, 0) is 47.8 Å². The third-order valence-corrected chi connectivity index (χ3v) is 8.01. The SMILES string of the molecule is CCC(C)(C)[C@H]1CCc2nc3sc(C(=O)N(C)Cc4ccccc4)c(N)c3cc2C1. The van der Waals surface area contributed by atoms with Crippen molar-refractivity contribution in [3.8, 4) is 0 Å². The molecule has 0 bridgehead atoms. The van der Waals surface area contributed by atoms with Crippen molar-refractivity contribution in [1.29, 1.82) is 0 Å². The van der Waals surface area contributed by atoms with Crippen LogP contribution in [0.15, 0.2) is 36.4 Å². The van der Waals surface area contributed by atoms with E-state index in [1.807, 2.05) is 37.4 Å².